The van der Waals surface area contributed by atoms with Crippen molar-refractivity contribution in [3.8, 4) is 0 Å². The van der Waals surface area contributed by atoms with Crippen LogP contribution in [0.5, 0.6) is 0 Å². The molecule has 0 aromatic heterocycles. The average Bonchev–Trinajstić information content (AvgIpc) is 3.11. The smallest absolute Gasteiger partial charge is 0.307 e. The van der Waals surface area contributed by atoms with E-state index < -0.39 is 5.97 Å². The summed E-state index contributed by atoms with van der Waals surface area (Å²) in [5.74, 6) is -0.632. The Morgan fingerprint density at radius 2 is 1.90 bits per heavy atom. The number of piperidine rings is 1. The standard InChI is InChI=1S/C23H26N2O3.ClH/c26-23(27)18-9-6-12-25(16-18)13-14-28-24-22-15-21(17-7-2-1-3-8-17)19-10-4-5-11-20(19)22;/h1-5,7-8,10-11,18,21H,6,9,12-16H2,(H,26,27);1H. The van der Waals surface area contributed by atoms with Gasteiger partial charge in [0.2, 0.25) is 0 Å². The summed E-state index contributed by atoms with van der Waals surface area (Å²) in [6.07, 6.45) is 2.54. The van der Waals surface area contributed by atoms with Crippen molar-refractivity contribution in [3.63, 3.8) is 0 Å². The van der Waals surface area contributed by atoms with E-state index in [-0.39, 0.29) is 18.3 Å². The third-order valence-electron chi connectivity index (χ3n) is 5.77. The summed E-state index contributed by atoms with van der Waals surface area (Å²) in [5.41, 5.74) is 4.76. The lowest BCUT2D eigenvalue weighted by molar-refractivity contribution is -0.143. The Kier molecular flexibility index (Phi) is 7.29. The van der Waals surface area contributed by atoms with E-state index in [4.69, 9.17) is 4.84 Å². The highest BCUT2D eigenvalue weighted by molar-refractivity contribution is 6.05. The van der Waals surface area contributed by atoms with E-state index >= 15 is 0 Å². The molecule has 1 fully saturated rings. The molecule has 2 aromatic carbocycles. The van der Waals surface area contributed by atoms with Gasteiger partial charge in [-0.15, -0.1) is 12.4 Å². The fourth-order valence-electron chi connectivity index (χ4n) is 4.30. The number of carbonyl (C=O) groups is 1. The molecule has 0 amide bonds. The van der Waals surface area contributed by atoms with E-state index in [1.54, 1.807) is 0 Å². The molecule has 1 aliphatic carbocycles. The lowest BCUT2D eigenvalue weighted by Gasteiger charge is -2.29. The number of likely N-dealkylation sites (tertiary alicyclic amines) is 1. The van der Waals surface area contributed by atoms with E-state index in [9.17, 15) is 9.90 Å². The molecule has 2 unspecified atom stereocenters. The van der Waals surface area contributed by atoms with Crippen molar-refractivity contribution in [3.05, 3.63) is 71.3 Å². The Balaban J connectivity index is 0.00000240. The second-order valence-electron chi connectivity index (χ2n) is 7.60. The van der Waals surface area contributed by atoms with Gasteiger partial charge in [0.05, 0.1) is 11.6 Å². The van der Waals surface area contributed by atoms with Crippen molar-refractivity contribution in [2.45, 2.75) is 25.2 Å². The number of hydrogen-bond acceptors (Lipinski definition) is 4. The number of nitrogens with zero attached hydrogens (tertiary/aromatic N) is 2. The van der Waals surface area contributed by atoms with Gasteiger partial charge in [-0.2, -0.15) is 0 Å². The SMILES string of the molecule is Cl.O=C(O)C1CCCN(CCON=C2CC(c3ccccc3)c3ccccc32)C1. The number of carboxylic acids is 1. The molecule has 1 N–H and O–H groups in total. The van der Waals surface area contributed by atoms with Crippen LogP contribution in [0.15, 0.2) is 59.8 Å². The number of fused-ring (bicyclic) bond motifs is 1. The van der Waals surface area contributed by atoms with Crippen molar-refractivity contribution in [2.24, 2.45) is 11.1 Å². The number of oxime groups is 1. The fourth-order valence-corrected chi connectivity index (χ4v) is 4.30. The number of hydrogen-bond donors (Lipinski definition) is 1. The van der Waals surface area contributed by atoms with Gasteiger partial charge in [0.25, 0.3) is 0 Å². The van der Waals surface area contributed by atoms with Crippen LogP contribution in [0, 0.1) is 5.92 Å². The average molecular weight is 415 g/mol. The second kappa shape index (κ2) is 9.90. The van der Waals surface area contributed by atoms with E-state index in [0.717, 1.165) is 31.5 Å². The van der Waals surface area contributed by atoms with Gasteiger partial charge >= 0.3 is 5.97 Å². The van der Waals surface area contributed by atoms with Gasteiger partial charge in [-0.3, -0.25) is 9.69 Å². The molecular weight excluding hydrogens is 388 g/mol. The van der Waals surface area contributed by atoms with Crippen molar-refractivity contribution >= 4 is 24.1 Å². The van der Waals surface area contributed by atoms with Crippen LogP contribution in [0.25, 0.3) is 0 Å². The maximum Gasteiger partial charge on any atom is 0.307 e. The second-order valence-corrected chi connectivity index (χ2v) is 7.60. The largest absolute Gasteiger partial charge is 0.481 e. The molecule has 4 rings (SSSR count). The molecule has 0 bridgehead atoms. The van der Waals surface area contributed by atoms with Crippen molar-refractivity contribution < 1.29 is 14.7 Å². The van der Waals surface area contributed by atoms with Crippen LogP contribution in [-0.4, -0.2) is 47.9 Å². The van der Waals surface area contributed by atoms with Crippen LogP contribution in [0.1, 0.15) is 41.9 Å². The van der Waals surface area contributed by atoms with Crippen molar-refractivity contribution in [1.82, 2.24) is 4.90 Å². The minimum Gasteiger partial charge on any atom is -0.481 e. The molecular formula is C23H27ClN2O3. The van der Waals surface area contributed by atoms with Gasteiger partial charge in [-0.05, 0) is 30.5 Å². The Bertz CT molecular complexity index is 856. The minimum atomic E-state index is -0.694. The molecule has 5 nitrogen and oxygen atoms in total. The van der Waals surface area contributed by atoms with E-state index in [2.05, 4.69) is 52.5 Å². The van der Waals surface area contributed by atoms with Gasteiger partial charge in [-0.1, -0.05) is 59.8 Å². The zero-order chi connectivity index (χ0) is 19.3. The van der Waals surface area contributed by atoms with Crippen molar-refractivity contribution in [1.29, 1.82) is 0 Å². The molecule has 29 heavy (non-hydrogen) atoms. The van der Waals surface area contributed by atoms with Crippen LogP contribution >= 0.6 is 12.4 Å². The fraction of sp³-hybridized carbons (Fsp3) is 0.391. The zero-order valence-corrected chi connectivity index (χ0v) is 17.2. The van der Waals surface area contributed by atoms with Gasteiger partial charge in [0.15, 0.2) is 0 Å². The first-order valence-electron chi connectivity index (χ1n) is 10.0. The molecule has 0 spiro atoms. The summed E-state index contributed by atoms with van der Waals surface area (Å²) in [4.78, 5) is 19.0. The van der Waals surface area contributed by atoms with Gasteiger partial charge in [-0.25, -0.2) is 0 Å². The quantitative estimate of drug-likeness (QED) is 0.569. The van der Waals surface area contributed by atoms with Crippen molar-refractivity contribution in [2.75, 3.05) is 26.2 Å². The highest BCUT2D eigenvalue weighted by atomic mass is 35.5. The molecule has 2 aliphatic rings. The Labute approximate surface area is 177 Å². The minimum absolute atomic E-state index is 0. The molecule has 154 valence electrons. The normalized spacial score (nSPS) is 22.7. The van der Waals surface area contributed by atoms with E-state index in [1.807, 2.05) is 12.1 Å². The summed E-state index contributed by atoms with van der Waals surface area (Å²) in [7, 11) is 0. The molecule has 0 radical (unpaired) electrons. The third kappa shape index (κ3) is 4.98. The lowest BCUT2D eigenvalue weighted by Crippen LogP contribution is -2.40. The summed E-state index contributed by atoms with van der Waals surface area (Å²) in [5, 5.41) is 13.7. The maximum atomic E-state index is 11.2. The topological polar surface area (TPSA) is 62.1 Å². The molecule has 1 heterocycles. The highest BCUT2D eigenvalue weighted by Crippen LogP contribution is 2.38. The van der Waals surface area contributed by atoms with Crippen LogP contribution in [0.4, 0.5) is 0 Å². The Morgan fingerprint density at radius 1 is 1.14 bits per heavy atom. The molecule has 6 heteroatoms. The van der Waals surface area contributed by atoms with Crippen LogP contribution in [0.2, 0.25) is 0 Å². The van der Waals surface area contributed by atoms with E-state index in [0.29, 0.717) is 25.6 Å². The third-order valence-corrected chi connectivity index (χ3v) is 5.77. The predicted octanol–water partition coefficient (Wildman–Crippen LogP) is 4.16. The Hall–Kier alpha value is -2.37. The summed E-state index contributed by atoms with van der Waals surface area (Å²) < 4.78 is 0. The lowest BCUT2D eigenvalue weighted by atomic mass is 9.93. The van der Waals surface area contributed by atoms with Gasteiger partial charge in [0, 0.05) is 31.0 Å². The van der Waals surface area contributed by atoms with Crippen LogP contribution in [-0.2, 0) is 9.63 Å². The number of aliphatic carboxylic acids is 1. The molecule has 1 aliphatic heterocycles. The zero-order valence-electron chi connectivity index (χ0n) is 16.4. The summed E-state index contributed by atoms with van der Waals surface area (Å²) in [6, 6.07) is 18.9. The predicted molar refractivity (Wildman–Crippen MR) is 116 cm³/mol. The summed E-state index contributed by atoms with van der Waals surface area (Å²) in [6.45, 7) is 2.73. The number of rotatable bonds is 6. The number of halogens is 1. The molecule has 2 atom stereocenters. The van der Waals surface area contributed by atoms with Gasteiger partial charge < -0.3 is 9.94 Å². The highest BCUT2D eigenvalue weighted by Gasteiger charge is 2.29. The van der Waals surface area contributed by atoms with Crippen LogP contribution < -0.4 is 0 Å². The maximum absolute atomic E-state index is 11.2. The van der Waals surface area contributed by atoms with Crippen LogP contribution in [0.3, 0.4) is 0 Å². The molecule has 0 saturated carbocycles. The first-order valence-corrected chi connectivity index (χ1v) is 10.0. The monoisotopic (exact) mass is 414 g/mol. The Morgan fingerprint density at radius 3 is 2.69 bits per heavy atom. The first kappa shape index (κ1) is 21.3. The van der Waals surface area contributed by atoms with E-state index in [1.165, 1.54) is 16.7 Å². The number of carboxylic acid groups (broad SMARTS) is 1. The molecule has 2 aromatic rings. The summed E-state index contributed by atoms with van der Waals surface area (Å²) >= 11 is 0. The first-order chi connectivity index (χ1) is 13.7. The molecule has 1 saturated heterocycles. The number of benzene rings is 2. The van der Waals surface area contributed by atoms with Gasteiger partial charge in [0.1, 0.15) is 6.61 Å².